The molecule has 1 unspecified atom stereocenters. The van der Waals surface area contributed by atoms with E-state index in [4.69, 9.17) is 10.8 Å². The maximum atomic E-state index is 5.68. The minimum Gasteiger partial charge on any atom is -0.271 e. The predicted molar refractivity (Wildman–Crippen MR) is 89.0 cm³/mol. The molecule has 0 saturated heterocycles. The van der Waals surface area contributed by atoms with E-state index < -0.39 is 0 Å². The molecule has 0 bridgehead atoms. The maximum absolute atomic E-state index is 5.68. The average molecular weight is 298 g/mol. The van der Waals surface area contributed by atoms with Crippen molar-refractivity contribution >= 4 is 11.3 Å². The Morgan fingerprint density at radius 3 is 2.50 bits per heavy atom. The maximum Gasteiger partial charge on any atom is 0.0944 e. The fourth-order valence-electron chi connectivity index (χ4n) is 2.20. The molecule has 0 aliphatic carbocycles. The fourth-order valence-corrected chi connectivity index (χ4v) is 3.30. The van der Waals surface area contributed by atoms with E-state index in [1.54, 1.807) is 11.3 Å². The molecular formula is C16H31N3S. The standard InChI is InChI=1S/C16H31N3S/c1-5-6-7-8-9-10-13(19-17)11-15-18-14(12-20-15)16(2,3)4/h12-13,19H,5-11,17H2,1-4H3. The Hall–Kier alpha value is -0.450. The van der Waals surface area contributed by atoms with Crippen LogP contribution in [0, 0.1) is 0 Å². The highest BCUT2D eigenvalue weighted by Gasteiger charge is 2.18. The van der Waals surface area contributed by atoms with Crippen molar-refractivity contribution in [3.05, 3.63) is 16.1 Å². The third-order valence-corrected chi connectivity index (χ3v) is 4.50. The Labute approximate surface area is 128 Å². The van der Waals surface area contributed by atoms with Gasteiger partial charge in [0, 0.05) is 23.3 Å². The Bertz CT molecular complexity index is 368. The summed E-state index contributed by atoms with van der Waals surface area (Å²) in [5.41, 5.74) is 4.29. The molecule has 0 spiro atoms. The third kappa shape index (κ3) is 6.33. The van der Waals surface area contributed by atoms with Crippen LogP contribution in [-0.2, 0) is 11.8 Å². The number of hydrazine groups is 1. The molecule has 0 aliphatic heterocycles. The molecule has 0 aromatic carbocycles. The van der Waals surface area contributed by atoms with Crippen molar-refractivity contribution in [1.82, 2.24) is 10.4 Å². The van der Waals surface area contributed by atoms with Gasteiger partial charge < -0.3 is 0 Å². The van der Waals surface area contributed by atoms with Crippen molar-refractivity contribution in [2.75, 3.05) is 0 Å². The molecule has 4 heteroatoms. The zero-order valence-corrected chi connectivity index (χ0v) is 14.4. The SMILES string of the molecule is CCCCCCCC(Cc1nc(C(C)(C)C)cs1)NN. The normalized spacial score (nSPS) is 13.7. The van der Waals surface area contributed by atoms with Gasteiger partial charge in [-0.1, -0.05) is 59.8 Å². The van der Waals surface area contributed by atoms with Crippen LogP contribution in [-0.4, -0.2) is 11.0 Å². The quantitative estimate of drug-likeness (QED) is 0.408. The average Bonchev–Trinajstić information content (AvgIpc) is 2.85. The Balaban J connectivity index is 2.38. The summed E-state index contributed by atoms with van der Waals surface area (Å²) in [7, 11) is 0. The first-order valence-corrected chi connectivity index (χ1v) is 8.76. The number of hydrogen-bond acceptors (Lipinski definition) is 4. The molecule has 1 atom stereocenters. The minimum atomic E-state index is 0.139. The minimum absolute atomic E-state index is 0.139. The highest BCUT2D eigenvalue weighted by Crippen LogP contribution is 2.24. The van der Waals surface area contributed by atoms with E-state index in [1.807, 2.05) is 0 Å². The van der Waals surface area contributed by atoms with Crippen LogP contribution in [0.15, 0.2) is 5.38 Å². The lowest BCUT2D eigenvalue weighted by Crippen LogP contribution is -2.36. The number of hydrogen-bond donors (Lipinski definition) is 2. The number of nitrogens with two attached hydrogens (primary N) is 1. The number of unbranched alkanes of at least 4 members (excludes halogenated alkanes) is 4. The molecule has 0 aliphatic rings. The largest absolute Gasteiger partial charge is 0.271 e. The van der Waals surface area contributed by atoms with Gasteiger partial charge in [0.2, 0.25) is 0 Å². The Kier molecular flexibility index (Phi) is 7.70. The lowest BCUT2D eigenvalue weighted by molar-refractivity contribution is 0.459. The Morgan fingerprint density at radius 2 is 1.95 bits per heavy atom. The van der Waals surface area contributed by atoms with Gasteiger partial charge in [0.25, 0.3) is 0 Å². The van der Waals surface area contributed by atoms with Gasteiger partial charge in [-0.2, -0.15) is 0 Å². The number of rotatable bonds is 9. The molecule has 1 aromatic heterocycles. The van der Waals surface area contributed by atoms with Gasteiger partial charge in [0.05, 0.1) is 10.7 Å². The third-order valence-electron chi connectivity index (χ3n) is 3.63. The van der Waals surface area contributed by atoms with Crippen molar-refractivity contribution in [2.24, 2.45) is 5.84 Å². The van der Waals surface area contributed by atoms with Crippen LogP contribution >= 0.6 is 11.3 Å². The summed E-state index contributed by atoms with van der Waals surface area (Å²) >= 11 is 1.76. The van der Waals surface area contributed by atoms with Gasteiger partial charge in [-0.15, -0.1) is 11.3 Å². The molecular weight excluding hydrogens is 266 g/mol. The molecule has 116 valence electrons. The van der Waals surface area contributed by atoms with Crippen LogP contribution in [0.4, 0.5) is 0 Å². The van der Waals surface area contributed by atoms with E-state index in [1.165, 1.54) is 42.8 Å². The first-order chi connectivity index (χ1) is 9.47. The summed E-state index contributed by atoms with van der Waals surface area (Å²) < 4.78 is 0. The zero-order chi connectivity index (χ0) is 15.0. The second-order valence-electron chi connectivity index (χ2n) is 6.65. The van der Waals surface area contributed by atoms with Crippen molar-refractivity contribution in [3.8, 4) is 0 Å². The summed E-state index contributed by atoms with van der Waals surface area (Å²) in [4.78, 5) is 4.75. The van der Waals surface area contributed by atoms with Crippen LogP contribution in [0.3, 0.4) is 0 Å². The summed E-state index contributed by atoms with van der Waals surface area (Å²) in [6, 6.07) is 0.357. The van der Waals surface area contributed by atoms with E-state index in [0.29, 0.717) is 6.04 Å². The summed E-state index contributed by atoms with van der Waals surface area (Å²) in [5, 5.41) is 3.39. The number of nitrogens with one attached hydrogen (secondary N) is 1. The monoisotopic (exact) mass is 297 g/mol. The van der Waals surface area contributed by atoms with Crippen molar-refractivity contribution in [1.29, 1.82) is 0 Å². The van der Waals surface area contributed by atoms with E-state index in [2.05, 4.69) is 38.5 Å². The predicted octanol–water partition coefficient (Wildman–Crippen LogP) is 4.18. The molecule has 3 N–H and O–H groups in total. The Morgan fingerprint density at radius 1 is 1.25 bits per heavy atom. The number of thiazole rings is 1. The highest BCUT2D eigenvalue weighted by molar-refractivity contribution is 7.09. The van der Waals surface area contributed by atoms with E-state index in [9.17, 15) is 0 Å². The smallest absolute Gasteiger partial charge is 0.0944 e. The van der Waals surface area contributed by atoms with E-state index in [-0.39, 0.29) is 5.41 Å². The van der Waals surface area contributed by atoms with Crippen molar-refractivity contribution < 1.29 is 0 Å². The molecule has 1 rings (SSSR count). The van der Waals surface area contributed by atoms with Gasteiger partial charge in [-0.25, -0.2) is 4.98 Å². The lowest BCUT2D eigenvalue weighted by atomic mass is 9.93. The molecule has 20 heavy (non-hydrogen) atoms. The first-order valence-electron chi connectivity index (χ1n) is 7.88. The molecule has 1 aromatic rings. The van der Waals surface area contributed by atoms with E-state index in [0.717, 1.165) is 12.8 Å². The lowest BCUT2D eigenvalue weighted by Gasteiger charge is -2.16. The van der Waals surface area contributed by atoms with Gasteiger partial charge in [-0.3, -0.25) is 11.3 Å². The van der Waals surface area contributed by atoms with Crippen molar-refractivity contribution in [2.45, 2.75) is 84.1 Å². The summed E-state index contributed by atoms with van der Waals surface area (Å²) in [6.07, 6.45) is 8.66. The highest BCUT2D eigenvalue weighted by atomic mass is 32.1. The van der Waals surface area contributed by atoms with Crippen molar-refractivity contribution in [3.63, 3.8) is 0 Å². The second-order valence-corrected chi connectivity index (χ2v) is 7.59. The van der Waals surface area contributed by atoms with E-state index >= 15 is 0 Å². The molecule has 0 fully saturated rings. The van der Waals surface area contributed by atoms with Gasteiger partial charge in [0.15, 0.2) is 0 Å². The van der Waals surface area contributed by atoms with Crippen LogP contribution in [0.2, 0.25) is 0 Å². The van der Waals surface area contributed by atoms with Crippen LogP contribution in [0.5, 0.6) is 0 Å². The molecule has 0 saturated carbocycles. The first kappa shape index (κ1) is 17.6. The van der Waals surface area contributed by atoms with Crippen LogP contribution < -0.4 is 11.3 Å². The van der Waals surface area contributed by atoms with Gasteiger partial charge in [-0.05, 0) is 6.42 Å². The van der Waals surface area contributed by atoms with Crippen LogP contribution in [0.1, 0.15) is 76.9 Å². The number of aromatic nitrogens is 1. The topological polar surface area (TPSA) is 50.9 Å². The number of nitrogens with zero attached hydrogens (tertiary/aromatic N) is 1. The van der Waals surface area contributed by atoms with Gasteiger partial charge in [0.1, 0.15) is 0 Å². The molecule has 0 radical (unpaired) electrons. The summed E-state index contributed by atoms with van der Waals surface area (Å²) in [5.74, 6) is 5.68. The molecule has 0 amide bonds. The van der Waals surface area contributed by atoms with Gasteiger partial charge >= 0.3 is 0 Å². The zero-order valence-electron chi connectivity index (χ0n) is 13.5. The summed E-state index contributed by atoms with van der Waals surface area (Å²) in [6.45, 7) is 8.87. The molecule has 3 nitrogen and oxygen atoms in total. The second kappa shape index (κ2) is 8.75. The fraction of sp³-hybridized carbons (Fsp3) is 0.812. The van der Waals surface area contributed by atoms with Crippen LogP contribution in [0.25, 0.3) is 0 Å². The molecule has 1 heterocycles.